The predicted octanol–water partition coefficient (Wildman–Crippen LogP) is 0.609. The van der Waals surface area contributed by atoms with E-state index in [9.17, 15) is 4.39 Å². The van der Waals surface area contributed by atoms with Crippen LogP contribution in [-0.4, -0.2) is 28.1 Å². The van der Waals surface area contributed by atoms with Crippen molar-refractivity contribution in [2.75, 3.05) is 13.1 Å². The Morgan fingerprint density at radius 1 is 1.71 bits per heavy atom. The molecule has 0 radical (unpaired) electrons. The fourth-order valence-electron chi connectivity index (χ4n) is 1.91. The molecule has 14 heavy (non-hydrogen) atoms. The lowest BCUT2D eigenvalue weighted by Gasteiger charge is -2.34. The molecule has 2 unspecified atom stereocenters. The first-order chi connectivity index (χ1) is 6.63. The third kappa shape index (κ3) is 1.41. The second-order valence-electron chi connectivity index (χ2n) is 3.94. The van der Waals surface area contributed by atoms with E-state index in [1.807, 2.05) is 6.92 Å². The molecule has 1 N–H and O–H groups in total. The van der Waals surface area contributed by atoms with Crippen molar-refractivity contribution in [2.45, 2.75) is 19.0 Å². The van der Waals surface area contributed by atoms with Crippen molar-refractivity contribution in [3.8, 4) is 0 Å². The maximum atomic E-state index is 14.6. The number of hydrogen-bond acceptors (Lipinski definition) is 3. The molecule has 2 heterocycles. The Hall–Kier alpha value is -0.970. The number of piperidine rings is 1. The highest BCUT2D eigenvalue weighted by molar-refractivity contribution is 5.10. The molecule has 0 aliphatic carbocycles. The summed E-state index contributed by atoms with van der Waals surface area (Å²) in [6, 6.07) is 0. The standard InChI is InChI=1S/C9H15FN4/c1-7-5-11-4-3-9(7,10)8-6-12-14(2)13-8/h6-7,11H,3-5H2,1-2H3. The molecule has 1 aliphatic rings. The number of nitrogens with zero attached hydrogens (tertiary/aromatic N) is 3. The molecule has 0 saturated carbocycles. The maximum Gasteiger partial charge on any atom is 0.161 e. The second-order valence-corrected chi connectivity index (χ2v) is 3.94. The van der Waals surface area contributed by atoms with Crippen LogP contribution < -0.4 is 5.32 Å². The molecule has 0 aromatic carbocycles. The van der Waals surface area contributed by atoms with Crippen LogP contribution in [-0.2, 0) is 12.7 Å². The average molecular weight is 198 g/mol. The molecular formula is C9H15FN4. The van der Waals surface area contributed by atoms with E-state index in [2.05, 4.69) is 15.5 Å². The van der Waals surface area contributed by atoms with Gasteiger partial charge in [-0.3, -0.25) is 0 Å². The van der Waals surface area contributed by atoms with E-state index in [0.717, 1.165) is 0 Å². The third-order valence-electron chi connectivity index (χ3n) is 2.92. The zero-order chi connectivity index (χ0) is 10.2. The SMILES string of the molecule is CC1CNCCC1(F)c1cnn(C)n1. The Morgan fingerprint density at radius 2 is 2.50 bits per heavy atom. The van der Waals surface area contributed by atoms with Gasteiger partial charge in [0.05, 0.1) is 6.20 Å². The van der Waals surface area contributed by atoms with Crippen LogP contribution in [0.15, 0.2) is 6.20 Å². The first kappa shape index (κ1) is 9.58. The minimum atomic E-state index is -1.31. The predicted molar refractivity (Wildman–Crippen MR) is 50.4 cm³/mol. The van der Waals surface area contributed by atoms with Crippen molar-refractivity contribution in [1.82, 2.24) is 20.3 Å². The van der Waals surface area contributed by atoms with E-state index in [1.54, 1.807) is 7.05 Å². The lowest BCUT2D eigenvalue weighted by molar-refractivity contribution is 0.0499. The van der Waals surface area contributed by atoms with Gasteiger partial charge in [-0.2, -0.15) is 15.0 Å². The zero-order valence-corrected chi connectivity index (χ0v) is 8.50. The summed E-state index contributed by atoms with van der Waals surface area (Å²) >= 11 is 0. The van der Waals surface area contributed by atoms with Gasteiger partial charge in [-0.25, -0.2) is 4.39 Å². The molecule has 2 rings (SSSR count). The van der Waals surface area contributed by atoms with Gasteiger partial charge < -0.3 is 5.32 Å². The molecule has 0 amide bonds. The number of aryl methyl sites for hydroxylation is 1. The third-order valence-corrected chi connectivity index (χ3v) is 2.92. The van der Waals surface area contributed by atoms with Gasteiger partial charge in [0.1, 0.15) is 5.69 Å². The van der Waals surface area contributed by atoms with Gasteiger partial charge in [0, 0.05) is 25.9 Å². The minimum Gasteiger partial charge on any atom is -0.316 e. The molecule has 1 fully saturated rings. The van der Waals surface area contributed by atoms with Crippen molar-refractivity contribution >= 4 is 0 Å². The Balaban J connectivity index is 2.29. The van der Waals surface area contributed by atoms with Crippen molar-refractivity contribution < 1.29 is 4.39 Å². The Morgan fingerprint density at radius 3 is 3.07 bits per heavy atom. The largest absolute Gasteiger partial charge is 0.316 e. The highest BCUT2D eigenvalue weighted by atomic mass is 19.1. The topological polar surface area (TPSA) is 42.7 Å². The lowest BCUT2D eigenvalue weighted by Crippen LogP contribution is -2.44. The minimum absolute atomic E-state index is 0.0482. The molecule has 5 heteroatoms. The van der Waals surface area contributed by atoms with Crippen molar-refractivity contribution in [3.05, 3.63) is 11.9 Å². The van der Waals surface area contributed by atoms with Crippen LogP contribution in [0.5, 0.6) is 0 Å². The smallest absolute Gasteiger partial charge is 0.161 e. The first-order valence-electron chi connectivity index (χ1n) is 4.89. The van der Waals surface area contributed by atoms with Gasteiger partial charge >= 0.3 is 0 Å². The van der Waals surface area contributed by atoms with E-state index < -0.39 is 5.67 Å². The second kappa shape index (κ2) is 3.31. The normalized spacial score (nSPS) is 33.2. The molecule has 0 bridgehead atoms. The Bertz CT molecular complexity index is 324. The van der Waals surface area contributed by atoms with E-state index in [-0.39, 0.29) is 5.92 Å². The summed E-state index contributed by atoms with van der Waals surface area (Å²) in [6.07, 6.45) is 2.01. The quantitative estimate of drug-likeness (QED) is 0.719. The highest BCUT2D eigenvalue weighted by Gasteiger charge is 2.42. The molecule has 2 atom stereocenters. The molecule has 1 aromatic heterocycles. The Labute approximate surface area is 82.5 Å². The van der Waals surface area contributed by atoms with Crippen LogP contribution in [0.2, 0.25) is 0 Å². The van der Waals surface area contributed by atoms with Crippen LogP contribution in [0.25, 0.3) is 0 Å². The molecule has 1 aliphatic heterocycles. The van der Waals surface area contributed by atoms with Crippen LogP contribution >= 0.6 is 0 Å². The molecule has 78 valence electrons. The summed E-state index contributed by atoms with van der Waals surface area (Å²) in [7, 11) is 1.71. The number of rotatable bonds is 1. The fourth-order valence-corrected chi connectivity index (χ4v) is 1.91. The lowest BCUT2D eigenvalue weighted by atomic mass is 9.82. The van der Waals surface area contributed by atoms with E-state index >= 15 is 0 Å². The van der Waals surface area contributed by atoms with Gasteiger partial charge in [0.2, 0.25) is 0 Å². The summed E-state index contributed by atoms with van der Waals surface area (Å²) < 4.78 is 14.6. The van der Waals surface area contributed by atoms with Gasteiger partial charge in [-0.15, -0.1) is 0 Å². The molecule has 4 nitrogen and oxygen atoms in total. The molecular weight excluding hydrogens is 183 g/mol. The summed E-state index contributed by atoms with van der Waals surface area (Å²) in [4.78, 5) is 1.41. The Kier molecular flexibility index (Phi) is 2.26. The monoisotopic (exact) mass is 198 g/mol. The molecule has 1 saturated heterocycles. The maximum absolute atomic E-state index is 14.6. The van der Waals surface area contributed by atoms with Crippen molar-refractivity contribution in [1.29, 1.82) is 0 Å². The van der Waals surface area contributed by atoms with E-state index in [1.165, 1.54) is 11.0 Å². The van der Waals surface area contributed by atoms with Crippen LogP contribution in [0.3, 0.4) is 0 Å². The van der Waals surface area contributed by atoms with Gasteiger partial charge in [-0.1, -0.05) is 6.92 Å². The first-order valence-corrected chi connectivity index (χ1v) is 4.89. The fraction of sp³-hybridized carbons (Fsp3) is 0.778. The number of aromatic nitrogens is 3. The number of alkyl halides is 1. The van der Waals surface area contributed by atoms with Crippen LogP contribution in [0, 0.1) is 5.92 Å². The van der Waals surface area contributed by atoms with E-state index in [4.69, 9.17) is 0 Å². The van der Waals surface area contributed by atoms with Crippen molar-refractivity contribution in [2.24, 2.45) is 13.0 Å². The van der Waals surface area contributed by atoms with Gasteiger partial charge in [0.25, 0.3) is 0 Å². The number of hydrogen-bond donors (Lipinski definition) is 1. The highest BCUT2D eigenvalue weighted by Crippen LogP contribution is 2.37. The summed E-state index contributed by atoms with van der Waals surface area (Å²) in [5.74, 6) is -0.0482. The molecule has 1 aromatic rings. The summed E-state index contributed by atoms with van der Waals surface area (Å²) in [6.45, 7) is 3.31. The van der Waals surface area contributed by atoms with E-state index in [0.29, 0.717) is 25.2 Å². The molecule has 0 spiro atoms. The average Bonchev–Trinajstić information content (AvgIpc) is 2.58. The van der Waals surface area contributed by atoms with Gasteiger partial charge in [-0.05, 0) is 6.54 Å². The zero-order valence-electron chi connectivity index (χ0n) is 8.50. The number of halogens is 1. The number of nitrogens with one attached hydrogen (secondary N) is 1. The summed E-state index contributed by atoms with van der Waals surface area (Å²) in [5, 5.41) is 11.1. The summed E-state index contributed by atoms with van der Waals surface area (Å²) in [5.41, 5.74) is -0.839. The van der Waals surface area contributed by atoms with Crippen LogP contribution in [0.4, 0.5) is 4.39 Å². The van der Waals surface area contributed by atoms with Crippen molar-refractivity contribution in [3.63, 3.8) is 0 Å². The van der Waals surface area contributed by atoms with Gasteiger partial charge in [0.15, 0.2) is 5.67 Å². The van der Waals surface area contributed by atoms with Crippen LogP contribution in [0.1, 0.15) is 19.0 Å².